The van der Waals surface area contributed by atoms with Crippen LogP contribution in [0.4, 0.5) is 5.13 Å². The van der Waals surface area contributed by atoms with Crippen LogP contribution in [0.15, 0.2) is 11.4 Å². The lowest BCUT2D eigenvalue weighted by molar-refractivity contribution is -0.134. The normalized spacial score (nSPS) is 13.0. The minimum atomic E-state index is -0.414. The Bertz CT molecular complexity index is 953. The number of hydrogen-bond donors (Lipinski definition) is 0. The number of hydrogen-bond acceptors (Lipinski definition) is 7. The van der Waals surface area contributed by atoms with Crippen LogP contribution in [0.1, 0.15) is 71.8 Å². The van der Waals surface area contributed by atoms with Crippen molar-refractivity contribution < 1.29 is 19.1 Å². The number of ether oxygens (including phenoxy) is 1. The van der Waals surface area contributed by atoms with Gasteiger partial charge in [-0.3, -0.25) is 14.5 Å². The molecule has 7 nitrogen and oxygen atoms in total. The molecule has 3 rings (SSSR count). The zero-order chi connectivity index (χ0) is 23.1. The number of anilines is 1. The van der Waals surface area contributed by atoms with Crippen LogP contribution >= 0.6 is 22.7 Å². The molecule has 0 radical (unpaired) electrons. The number of carbonyl (C=O) groups is 3. The predicted octanol–water partition coefficient (Wildman–Crippen LogP) is 4.58. The number of aryl methyl sites for hydroxylation is 1. The van der Waals surface area contributed by atoms with E-state index in [2.05, 4.69) is 23.4 Å². The van der Waals surface area contributed by atoms with Crippen LogP contribution in [0.5, 0.6) is 0 Å². The molecule has 0 bridgehead atoms. The third kappa shape index (κ3) is 5.95. The van der Waals surface area contributed by atoms with Gasteiger partial charge in [-0.15, -0.1) is 11.3 Å². The van der Waals surface area contributed by atoms with Crippen molar-refractivity contribution in [2.75, 3.05) is 24.6 Å². The third-order valence-corrected chi connectivity index (χ3v) is 7.66. The van der Waals surface area contributed by atoms with Crippen LogP contribution in [-0.4, -0.2) is 47.4 Å². The number of aromatic nitrogens is 1. The molecule has 0 unspecified atom stereocenters. The molecular formula is C23H31N3O4S2. The summed E-state index contributed by atoms with van der Waals surface area (Å²) < 4.78 is 5.10. The van der Waals surface area contributed by atoms with Crippen molar-refractivity contribution >= 4 is 45.6 Å². The summed E-state index contributed by atoms with van der Waals surface area (Å²) >= 11 is 2.92. The highest BCUT2D eigenvalue weighted by atomic mass is 32.1. The second-order valence-corrected chi connectivity index (χ2v) is 9.80. The van der Waals surface area contributed by atoms with E-state index in [4.69, 9.17) is 4.74 Å². The lowest BCUT2D eigenvalue weighted by Crippen LogP contribution is -2.37. The molecule has 0 aromatic carbocycles. The molecule has 0 aliphatic carbocycles. The first kappa shape index (κ1) is 24.4. The van der Waals surface area contributed by atoms with Crippen molar-refractivity contribution in [3.63, 3.8) is 0 Å². The number of carbonyl (C=O) groups excluding carboxylic acids is 3. The van der Waals surface area contributed by atoms with Gasteiger partial charge in [0.25, 0.3) is 0 Å². The van der Waals surface area contributed by atoms with E-state index in [1.807, 2.05) is 4.90 Å². The smallest absolute Gasteiger partial charge is 0.350 e. The number of thiazole rings is 1. The van der Waals surface area contributed by atoms with Crippen LogP contribution in [0.2, 0.25) is 0 Å². The fourth-order valence-electron chi connectivity index (χ4n) is 3.70. The largest absolute Gasteiger partial charge is 0.462 e. The maximum atomic E-state index is 13.1. The fourth-order valence-corrected chi connectivity index (χ4v) is 5.59. The van der Waals surface area contributed by atoms with Crippen molar-refractivity contribution in [1.82, 2.24) is 9.88 Å². The quantitative estimate of drug-likeness (QED) is 0.370. The van der Waals surface area contributed by atoms with Gasteiger partial charge in [-0.1, -0.05) is 31.1 Å². The van der Waals surface area contributed by atoms with Crippen molar-refractivity contribution in [2.24, 2.45) is 0 Å². The highest BCUT2D eigenvalue weighted by molar-refractivity contribution is 7.17. The van der Waals surface area contributed by atoms with E-state index in [1.54, 1.807) is 30.1 Å². The number of thiophene rings is 1. The molecule has 174 valence electrons. The number of fused-ring (bicyclic) bond motifs is 1. The van der Waals surface area contributed by atoms with Crippen LogP contribution in [0, 0.1) is 6.92 Å². The highest BCUT2D eigenvalue weighted by Crippen LogP contribution is 2.28. The molecule has 0 atom stereocenters. The van der Waals surface area contributed by atoms with Gasteiger partial charge in [-0.2, -0.15) is 0 Å². The van der Waals surface area contributed by atoms with Crippen LogP contribution in [0.25, 0.3) is 0 Å². The average molecular weight is 478 g/mol. The van der Waals surface area contributed by atoms with E-state index in [0.29, 0.717) is 35.3 Å². The molecule has 0 saturated heterocycles. The minimum absolute atomic E-state index is 0.00578. The maximum Gasteiger partial charge on any atom is 0.350 e. The Hall–Kier alpha value is -2.26. The molecule has 2 aromatic heterocycles. The maximum absolute atomic E-state index is 13.1. The second kappa shape index (κ2) is 11.6. The molecule has 2 aromatic rings. The lowest BCUT2D eigenvalue weighted by Gasteiger charge is -2.27. The van der Waals surface area contributed by atoms with E-state index >= 15 is 0 Å². The highest BCUT2D eigenvalue weighted by Gasteiger charge is 2.26. The van der Waals surface area contributed by atoms with Crippen molar-refractivity contribution in [2.45, 2.75) is 65.8 Å². The lowest BCUT2D eigenvalue weighted by atomic mass is 10.1. The first-order valence-corrected chi connectivity index (χ1v) is 12.9. The Morgan fingerprint density at radius 3 is 2.78 bits per heavy atom. The standard InChI is InChI=1S/C23H31N3O4S2/c1-4-6-7-12-26(23-24-16(3)21(32-23)22(29)30-5-2)20(28)9-8-19(27)25-13-10-18-17(15-25)11-14-31-18/h11,14H,4-10,12-13,15H2,1-3H3. The summed E-state index contributed by atoms with van der Waals surface area (Å²) in [4.78, 5) is 47.8. The van der Waals surface area contributed by atoms with Crippen LogP contribution < -0.4 is 4.90 Å². The van der Waals surface area contributed by atoms with Crippen molar-refractivity contribution in [1.29, 1.82) is 0 Å². The van der Waals surface area contributed by atoms with Gasteiger partial charge in [0.15, 0.2) is 5.13 Å². The van der Waals surface area contributed by atoms with Crippen LogP contribution in [0.3, 0.4) is 0 Å². The van der Waals surface area contributed by atoms with Crippen LogP contribution in [-0.2, 0) is 27.3 Å². The molecule has 0 spiro atoms. The first-order chi connectivity index (χ1) is 15.4. The summed E-state index contributed by atoms with van der Waals surface area (Å²) in [6.07, 6.45) is 4.06. The molecule has 32 heavy (non-hydrogen) atoms. The summed E-state index contributed by atoms with van der Waals surface area (Å²) in [5.74, 6) is -0.541. The van der Waals surface area contributed by atoms with E-state index < -0.39 is 5.97 Å². The molecule has 0 N–H and O–H groups in total. The zero-order valence-corrected chi connectivity index (χ0v) is 20.6. The van der Waals surface area contributed by atoms with Gasteiger partial charge in [0.1, 0.15) is 4.88 Å². The van der Waals surface area contributed by atoms with E-state index in [1.165, 1.54) is 21.8 Å². The molecule has 3 heterocycles. The molecule has 0 fully saturated rings. The summed E-state index contributed by atoms with van der Waals surface area (Å²) in [5.41, 5.74) is 1.78. The number of unbranched alkanes of at least 4 members (excludes halogenated alkanes) is 2. The first-order valence-electron chi connectivity index (χ1n) is 11.2. The van der Waals surface area contributed by atoms with E-state index in [0.717, 1.165) is 25.7 Å². The molecule has 0 saturated carbocycles. The molecular weight excluding hydrogens is 446 g/mol. The van der Waals surface area contributed by atoms with Gasteiger partial charge >= 0.3 is 5.97 Å². The second-order valence-electron chi connectivity index (χ2n) is 7.82. The van der Waals surface area contributed by atoms with Gasteiger partial charge in [0.2, 0.25) is 11.8 Å². The van der Waals surface area contributed by atoms with E-state index in [9.17, 15) is 14.4 Å². The van der Waals surface area contributed by atoms with Gasteiger partial charge in [0, 0.05) is 37.4 Å². The van der Waals surface area contributed by atoms with Crippen molar-refractivity contribution in [3.8, 4) is 0 Å². The topological polar surface area (TPSA) is 79.8 Å². The Morgan fingerprint density at radius 1 is 1.22 bits per heavy atom. The Balaban J connectivity index is 1.65. The Kier molecular flexibility index (Phi) is 8.81. The fraction of sp³-hybridized carbons (Fsp3) is 0.565. The monoisotopic (exact) mass is 477 g/mol. The minimum Gasteiger partial charge on any atom is -0.462 e. The Labute approximate surface area is 197 Å². The molecule has 1 aliphatic heterocycles. The summed E-state index contributed by atoms with van der Waals surface area (Å²) in [6.45, 7) is 7.76. The Morgan fingerprint density at radius 2 is 2.03 bits per heavy atom. The number of amides is 2. The predicted molar refractivity (Wildman–Crippen MR) is 127 cm³/mol. The molecule has 1 aliphatic rings. The van der Waals surface area contributed by atoms with Crippen molar-refractivity contribution in [3.05, 3.63) is 32.5 Å². The van der Waals surface area contributed by atoms with Gasteiger partial charge in [-0.05, 0) is 43.7 Å². The summed E-state index contributed by atoms with van der Waals surface area (Å²) in [5, 5.41) is 2.57. The number of nitrogens with zero attached hydrogens (tertiary/aromatic N) is 3. The molecule has 9 heteroatoms. The third-order valence-electron chi connectivity index (χ3n) is 5.48. The zero-order valence-electron chi connectivity index (χ0n) is 19.0. The average Bonchev–Trinajstić information content (AvgIpc) is 3.40. The number of esters is 1. The summed E-state index contributed by atoms with van der Waals surface area (Å²) in [7, 11) is 0. The number of rotatable bonds is 10. The molecule has 2 amide bonds. The van der Waals surface area contributed by atoms with Gasteiger partial charge < -0.3 is 9.64 Å². The van der Waals surface area contributed by atoms with Gasteiger partial charge in [-0.25, -0.2) is 9.78 Å². The SMILES string of the molecule is CCCCCN(C(=O)CCC(=O)N1CCc2sccc2C1)c1nc(C)c(C(=O)OCC)s1. The van der Waals surface area contributed by atoms with Gasteiger partial charge in [0.05, 0.1) is 12.3 Å². The summed E-state index contributed by atoms with van der Waals surface area (Å²) in [6, 6.07) is 2.08. The van der Waals surface area contributed by atoms with E-state index in [-0.39, 0.29) is 31.3 Å².